The summed E-state index contributed by atoms with van der Waals surface area (Å²) in [6, 6.07) is 20.6. The molecule has 0 bridgehead atoms. The van der Waals surface area contributed by atoms with Gasteiger partial charge in [0.1, 0.15) is 17.9 Å². The maximum Gasteiger partial charge on any atom is 0.335 e. The number of amides is 4. The lowest BCUT2D eigenvalue weighted by atomic mass is 10.1. The van der Waals surface area contributed by atoms with Gasteiger partial charge in [0, 0.05) is 0 Å². The van der Waals surface area contributed by atoms with Gasteiger partial charge in [-0.1, -0.05) is 42.5 Å². The number of benzene rings is 3. The zero-order valence-electron chi connectivity index (χ0n) is 17.2. The first-order valence-corrected chi connectivity index (χ1v) is 9.94. The molecule has 2 N–H and O–H groups in total. The van der Waals surface area contributed by atoms with Crippen LogP contribution >= 0.6 is 0 Å². The molecule has 1 fully saturated rings. The Labute approximate surface area is 188 Å². The molecule has 3 aromatic carbocycles. The molecule has 164 valence electrons. The third-order valence-corrected chi connectivity index (χ3v) is 4.89. The van der Waals surface area contributed by atoms with Gasteiger partial charge in [0.25, 0.3) is 11.8 Å². The molecule has 0 atom stereocenters. The van der Waals surface area contributed by atoms with E-state index in [4.69, 9.17) is 9.84 Å². The average Bonchev–Trinajstić information content (AvgIpc) is 2.81. The van der Waals surface area contributed by atoms with E-state index in [1.54, 1.807) is 66.7 Å². The summed E-state index contributed by atoms with van der Waals surface area (Å²) in [5.41, 5.74) is 1.67. The number of carbonyl (C=O) groups is 4. The molecule has 1 saturated heterocycles. The summed E-state index contributed by atoms with van der Waals surface area (Å²) in [5.74, 6) is -2.01. The van der Waals surface area contributed by atoms with Crippen molar-refractivity contribution in [3.05, 3.63) is 101 Å². The molecule has 33 heavy (non-hydrogen) atoms. The highest BCUT2D eigenvalue weighted by atomic mass is 16.5. The predicted molar refractivity (Wildman–Crippen MR) is 120 cm³/mol. The number of carbonyl (C=O) groups excluding carboxylic acids is 3. The van der Waals surface area contributed by atoms with Crippen LogP contribution in [0.4, 0.5) is 10.5 Å². The van der Waals surface area contributed by atoms with Crippen LogP contribution in [0.2, 0.25) is 0 Å². The number of carboxylic acid groups (broad SMARTS) is 1. The molecule has 4 amide bonds. The minimum atomic E-state index is -1.00. The standard InChI is InChI=1S/C25H18N2O6/c28-22-21(23(29)27(25(32)26-22)19-6-2-1-3-7-19)14-17-5-4-8-20(13-17)33-15-16-9-11-18(12-10-16)24(30)31/h1-14H,15H2,(H,30,31)(H,26,28,32)/b21-14-. The molecule has 0 aromatic heterocycles. The number of para-hydroxylation sites is 1. The molecule has 4 rings (SSSR count). The molecule has 0 spiro atoms. The van der Waals surface area contributed by atoms with Crippen LogP contribution in [0.3, 0.4) is 0 Å². The fourth-order valence-corrected chi connectivity index (χ4v) is 3.24. The average molecular weight is 442 g/mol. The van der Waals surface area contributed by atoms with Crippen molar-refractivity contribution in [3.8, 4) is 5.75 Å². The fraction of sp³-hybridized carbons (Fsp3) is 0.0400. The molecule has 0 unspecified atom stereocenters. The van der Waals surface area contributed by atoms with Gasteiger partial charge in [0.2, 0.25) is 0 Å². The lowest BCUT2D eigenvalue weighted by Gasteiger charge is -2.26. The second-order valence-electron chi connectivity index (χ2n) is 7.16. The Morgan fingerprint density at radius 1 is 0.939 bits per heavy atom. The molecular weight excluding hydrogens is 424 g/mol. The molecule has 1 heterocycles. The first-order valence-electron chi connectivity index (χ1n) is 9.94. The molecule has 1 aliphatic heterocycles. The number of ether oxygens (including phenoxy) is 1. The third-order valence-electron chi connectivity index (χ3n) is 4.89. The summed E-state index contributed by atoms with van der Waals surface area (Å²) in [6.07, 6.45) is 1.40. The Morgan fingerprint density at radius 2 is 1.67 bits per heavy atom. The number of urea groups is 1. The van der Waals surface area contributed by atoms with Crippen LogP contribution in [-0.4, -0.2) is 28.9 Å². The van der Waals surface area contributed by atoms with E-state index in [0.29, 0.717) is 17.0 Å². The van der Waals surface area contributed by atoms with Crippen LogP contribution in [0.5, 0.6) is 5.75 Å². The zero-order chi connectivity index (χ0) is 23.4. The molecule has 8 heteroatoms. The quantitative estimate of drug-likeness (QED) is 0.445. The van der Waals surface area contributed by atoms with Crippen molar-refractivity contribution in [1.82, 2.24) is 5.32 Å². The van der Waals surface area contributed by atoms with E-state index >= 15 is 0 Å². The summed E-state index contributed by atoms with van der Waals surface area (Å²) < 4.78 is 5.76. The summed E-state index contributed by atoms with van der Waals surface area (Å²) in [5, 5.41) is 11.2. The first-order chi connectivity index (χ1) is 15.9. The van der Waals surface area contributed by atoms with E-state index in [-0.39, 0.29) is 17.7 Å². The first kappa shape index (κ1) is 21.5. The van der Waals surface area contributed by atoms with Crippen molar-refractivity contribution in [1.29, 1.82) is 0 Å². The zero-order valence-corrected chi connectivity index (χ0v) is 17.2. The van der Waals surface area contributed by atoms with Gasteiger partial charge in [0.05, 0.1) is 11.3 Å². The van der Waals surface area contributed by atoms with Gasteiger partial charge in [-0.05, 0) is 53.6 Å². The van der Waals surface area contributed by atoms with E-state index in [9.17, 15) is 19.2 Å². The summed E-state index contributed by atoms with van der Waals surface area (Å²) in [4.78, 5) is 49.4. The Bertz CT molecular complexity index is 1270. The molecule has 1 aliphatic rings. The van der Waals surface area contributed by atoms with E-state index in [1.807, 2.05) is 0 Å². The van der Waals surface area contributed by atoms with E-state index in [0.717, 1.165) is 10.5 Å². The van der Waals surface area contributed by atoms with Crippen molar-refractivity contribution in [2.75, 3.05) is 4.90 Å². The van der Waals surface area contributed by atoms with E-state index in [2.05, 4.69) is 5.32 Å². The minimum absolute atomic E-state index is 0.181. The molecular formula is C25H18N2O6. The van der Waals surface area contributed by atoms with Crippen molar-refractivity contribution in [2.45, 2.75) is 6.61 Å². The predicted octanol–water partition coefficient (Wildman–Crippen LogP) is 3.63. The van der Waals surface area contributed by atoms with Gasteiger partial charge in [-0.15, -0.1) is 0 Å². The Hall–Kier alpha value is -4.72. The molecule has 0 aliphatic carbocycles. The van der Waals surface area contributed by atoms with Crippen molar-refractivity contribution in [3.63, 3.8) is 0 Å². The van der Waals surface area contributed by atoms with Crippen molar-refractivity contribution >= 4 is 35.6 Å². The Kier molecular flexibility index (Phi) is 5.99. The summed E-state index contributed by atoms with van der Waals surface area (Å²) in [7, 11) is 0. The Balaban J connectivity index is 1.53. The van der Waals surface area contributed by atoms with Crippen LogP contribution in [0, 0.1) is 0 Å². The smallest absolute Gasteiger partial charge is 0.335 e. The topological polar surface area (TPSA) is 113 Å². The molecule has 0 radical (unpaired) electrons. The van der Waals surface area contributed by atoms with Crippen LogP contribution in [0.15, 0.2) is 84.4 Å². The highest BCUT2D eigenvalue weighted by Crippen LogP contribution is 2.23. The van der Waals surface area contributed by atoms with E-state index < -0.39 is 23.8 Å². The summed E-state index contributed by atoms with van der Waals surface area (Å²) >= 11 is 0. The fourth-order valence-electron chi connectivity index (χ4n) is 3.24. The number of nitrogens with one attached hydrogen (secondary N) is 1. The minimum Gasteiger partial charge on any atom is -0.489 e. The normalized spacial score (nSPS) is 14.8. The van der Waals surface area contributed by atoms with Gasteiger partial charge in [0.15, 0.2) is 0 Å². The highest BCUT2D eigenvalue weighted by Gasteiger charge is 2.36. The Morgan fingerprint density at radius 3 is 2.36 bits per heavy atom. The number of hydrogen-bond acceptors (Lipinski definition) is 5. The third kappa shape index (κ3) is 4.80. The number of anilines is 1. The van der Waals surface area contributed by atoms with Gasteiger partial charge >= 0.3 is 12.0 Å². The van der Waals surface area contributed by atoms with Crippen LogP contribution in [0.1, 0.15) is 21.5 Å². The second-order valence-corrected chi connectivity index (χ2v) is 7.16. The number of hydrogen-bond donors (Lipinski definition) is 2. The highest BCUT2D eigenvalue weighted by molar-refractivity contribution is 6.39. The molecule has 3 aromatic rings. The SMILES string of the molecule is O=C1NC(=O)N(c2ccccc2)C(=O)/C1=C\c1cccc(OCc2ccc(C(=O)O)cc2)c1. The maximum atomic E-state index is 12.9. The van der Waals surface area contributed by atoms with Crippen LogP contribution in [0.25, 0.3) is 6.08 Å². The van der Waals surface area contributed by atoms with Crippen molar-refractivity contribution < 1.29 is 29.0 Å². The number of barbiturate groups is 1. The lowest BCUT2D eigenvalue weighted by molar-refractivity contribution is -0.122. The van der Waals surface area contributed by atoms with Crippen molar-refractivity contribution in [2.24, 2.45) is 0 Å². The van der Waals surface area contributed by atoms with Gasteiger partial charge in [-0.3, -0.25) is 14.9 Å². The number of imide groups is 2. The monoisotopic (exact) mass is 442 g/mol. The van der Waals surface area contributed by atoms with Crippen LogP contribution < -0.4 is 15.0 Å². The largest absolute Gasteiger partial charge is 0.489 e. The number of rotatable bonds is 6. The van der Waals surface area contributed by atoms with Gasteiger partial charge < -0.3 is 9.84 Å². The molecule has 8 nitrogen and oxygen atoms in total. The van der Waals surface area contributed by atoms with E-state index in [1.165, 1.54) is 18.2 Å². The maximum absolute atomic E-state index is 12.9. The second kappa shape index (κ2) is 9.19. The number of nitrogens with zero attached hydrogens (tertiary/aromatic N) is 1. The van der Waals surface area contributed by atoms with Gasteiger partial charge in [-0.2, -0.15) is 0 Å². The lowest BCUT2D eigenvalue weighted by Crippen LogP contribution is -2.54. The number of carboxylic acids is 1. The number of aromatic carboxylic acids is 1. The summed E-state index contributed by atoms with van der Waals surface area (Å²) in [6.45, 7) is 0.204. The van der Waals surface area contributed by atoms with Crippen LogP contribution in [-0.2, 0) is 16.2 Å². The van der Waals surface area contributed by atoms with Gasteiger partial charge in [-0.25, -0.2) is 14.5 Å². The molecule has 0 saturated carbocycles.